The highest BCUT2D eigenvalue weighted by Crippen LogP contribution is 2.37. The average Bonchev–Trinajstić information content (AvgIpc) is 2.59. The van der Waals surface area contributed by atoms with Gasteiger partial charge in [0.1, 0.15) is 5.82 Å². The zero-order valence-electron chi connectivity index (χ0n) is 7.91. The lowest BCUT2D eigenvalue weighted by atomic mass is 9.96. The lowest BCUT2D eigenvalue weighted by Crippen LogP contribution is -2.21. The molecule has 15 heavy (non-hydrogen) atoms. The number of rotatable bonds is 2. The highest BCUT2D eigenvalue weighted by Gasteiger charge is 2.34. The van der Waals surface area contributed by atoms with Crippen molar-refractivity contribution in [1.82, 2.24) is 0 Å². The van der Waals surface area contributed by atoms with Crippen LogP contribution in [0.4, 0.5) is 8.78 Å². The van der Waals surface area contributed by atoms with Gasteiger partial charge in [-0.3, -0.25) is 0 Å². The van der Waals surface area contributed by atoms with Gasteiger partial charge in [0.05, 0.1) is 0 Å². The summed E-state index contributed by atoms with van der Waals surface area (Å²) in [5.41, 5.74) is 1.36. The average molecular weight is 212 g/mol. The van der Waals surface area contributed by atoms with Crippen LogP contribution >= 0.6 is 0 Å². The first-order valence-electron chi connectivity index (χ1n) is 4.75. The highest BCUT2D eigenvalue weighted by atomic mass is 19.1. The van der Waals surface area contributed by atoms with Crippen molar-refractivity contribution in [2.24, 2.45) is 0 Å². The molecule has 1 aliphatic carbocycles. The molecular formula is C11H10F2O2. The summed E-state index contributed by atoms with van der Waals surface area (Å²) in [7, 11) is 0. The maximum atomic E-state index is 13.3. The molecule has 0 fully saturated rings. The summed E-state index contributed by atoms with van der Waals surface area (Å²) in [4.78, 5) is 10.5. The first-order valence-corrected chi connectivity index (χ1v) is 4.75. The number of aliphatic carboxylic acids is 1. The summed E-state index contributed by atoms with van der Waals surface area (Å²) < 4.78 is 26.2. The van der Waals surface area contributed by atoms with Crippen LogP contribution in [0.2, 0.25) is 0 Å². The van der Waals surface area contributed by atoms with Crippen molar-refractivity contribution in [3.05, 3.63) is 35.1 Å². The van der Waals surface area contributed by atoms with Crippen LogP contribution in [0.5, 0.6) is 0 Å². The van der Waals surface area contributed by atoms with Crippen LogP contribution in [0.1, 0.15) is 23.5 Å². The van der Waals surface area contributed by atoms with E-state index in [1.54, 1.807) is 6.07 Å². The highest BCUT2D eigenvalue weighted by molar-refractivity contribution is 5.74. The van der Waals surface area contributed by atoms with Gasteiger partial charge in [0.15, 0.2) is 0 Å². The molecule has 2 unspecified atom stereocenters. The van der Waals surface area contributed by atoms with Crippen LogP contribution in [-0.2, 0) is 11.2 Å². The fourth-order valence-corrected chi connectivity index (χ4v) is 2.08. The quantitative estimate of drug-likeness (QED) is 0.816. The molecule has 0 radical (unpaired) electrons. The number of alkyl halides is 1. The van der Waals surface area contributed by atoms with E-state index in [4.69, 9.17) is 5.11 Å². The van der Waals surface area contributed by atoms with Gasteiger partial charge < -0.3 is 5.11 Å². The van der Waals surface area contributed by atoms with Gasteiger partial charge in [0, 0.05) is 5.92 Å². The third-order valence-electron chi connectivity index (χ3n) is 2.82. The number of benzene rings is 1. The van der Waals surface area contributed by atoms with Gasteiger partial charge in [0.25, 0.3) is 0 Å². The molecule has 0 saturated carbocycles. The predicted molar refractivity (Wildman–Crippen MR) is 50.0 cm³/mol. The van der Waals surface area contributed by atoms with Crippen molar-refractivity contribution in [1.29, 1.82) is 0 Å². The number of carboxylic acid groups (broad SMARTS) is 1. The SMILES string of the molecule is O=C(O)C(F)C1CCc2ccc(F)cc21. The minimum absolute atomic E-state index is 0.437. The van der Waals surface area contributed by atoms with E-state index in [1.165, 1.54) is 12.1 Å². The van der Waals surface area contributed by atoms with E-state index in [0.29, 0.717) is 18.4 Å². The Kier molecular flexibility index (Phi) is 2.42. The molecule has 80 valence electrons. The molecule has 0 spiro atoms. The van der Waals surface area contributed by atoms with Crippen LogP contribution in [0.15, 0.2) is 18.2 Å². The van der Waals surface area contributed by atoms with Crippen molar-refractivity contribution >= 4 is 5.97 Å². The third-order valence-corrected chi connectivity index (χ3v) is 2.82. The third kappa shape index (κ3) is 1.71. The van der Waals surface area contributed by atoms with Crippen molar-refractivity contribution in [2.75, 3.05) is 0 Å². The Morgan fingerprint density at radius 2 is 2.27 bits per heavy atom. The van der Waals surface area contributed by atoms with Crippen LogP contribution in [0.25, 0.3) is 0 Å². The van der Waals surface area contributed by atoms with Gasteiger partial charge >= 0.3 is 5.97 Å². The van der Waals surface area contributed by atoms with Gasteiger partial charge in [0.2, 0.25) is 6.17 Å². The molecule has 2 atom stereocenters. The second-order valence-electron chi connectivity index (χ2n) is 3.73. The number of halogens is 2. The Morgan fingerprint density at radius 1 is 1.53 bits per heavy atom. The molecule has 1 N–H and O–H groups in total. The second-order valence-corrected chi connectivity index (χ2v) is 3.73. The summed E-state index contributed by atoms with van der Waals surface area (Å²) in [6.45, 7) is 0. The molecule has 0 aliphatic heterocycles. The first-order chi connectivity index (χ1) is 7.09. The van der Waals surface area contributed by atoms with Crippen LogP contribution in [-0.4, -0.2) is 17.2 Å². The normalized spacial score (nSPS) is 21.1. The molecule has 2 nitrogen and oxygen atoms in total. The van der Waals surface area contributed by atoms with E-state index < -0.39 is 23.9 Å². The Balaban J connectivity index is 2.35. The minimum Gasteiger partial charge on any atom is -0.479 e. The molecule has 0 bridgehead atoms. The van der Waals surface area contributed by atoms with Gasteiger partial charge in [-0.15, -0.1) is 0 Å². The monoisotopic (exact) mass is 212 g/mol. The number of hydrogen-bond acceptors (Lipinski definition) is 1. The molecule has 0 heterocycles. The van der Waals surface area contributed by atoms with Gasteiger partial charge in [-0.05, 0) is 36.1 Å². The fourth-order valence-electron chi connectivity index (χ4n) is 2.08. The Hall–Kier alpha value is -1.45. The molecule has 1 aromatic carbocycles. The van der Waals surface area contributed by atoms with Crippen molar-refractivity contribution in [3.63, 3.8) is 0 Å². The van der Waals surface area contributed by atoms with Crippen molar-refractivity contribution in [2.45, 2.75) is 24.9 Å². The van der Waals surface area contributed by atoms with E-state index in [2.05, 4.69) is 0 Å². The molecule has 4 heteroatoms. The summed E-state index contributed by atoms with van der Waals surface area (Å²) in [5, 5.41) is 8.57. The molecule has 1 aromatic rings. The standard InChI is InChI=1S/C11H10F2O2/c12-7-3-1-6-2-4-8(9(6)5-7)10(13)11(14)15/h1,3,5,8,10H,2,4H2,(H,14,15). The Bertz CT molecular complexity index is 404. The number of aryl methyl sites for hydroxylation is 1. The number of carbonyl (C=O) groups is 1. The zero-order chi connectivity index (χ0) is 11.0. The van der Waals surface area contributed by atoms with Crippen molar-refractivity contribution in [3.8, 4) is 0 Å². The zero-order valence-corrected chi connectivity index (χ0v) is 7.91. The maximum absolute atomic E-state index is 13.3. The predicted octanol–water partition coefficient (Wildman–Crippen LogP) is 2.28. The van der Waals surface area contributed by atoms with Crippen LogP contribution in [0.3, 0.4) is 0 Å². The van der Waals surface area contributed by atoms with Gasteiger partial charge in [-0.1, -0.05) is 6.07 Å². The number of fused-ring (bicyclic) bond motifs is 1. The summed E-state index contributed by atoms with van der Waals surface area (Å²) >= 11 is 0. The van der Waals surface area contributed by atoms with Crippen LogP contribution < -0.4 is 0 Å². The minimum atomic E-state index is -1.94. The largest absolute Gasteiger partial charge is 0.479 e. The van der Waals surface area contributed by atoms with E-state index in [0.717, 1.165) is 5.56 Å². The maximum Gasteiger partial charge on any atom is 0.338 e. The summed E-state index contributed by atoms with van der Waals surface area (Å²) in [5.74, 6) is -2.62. The van der Waals surface area contributed by atoms with E-state index in [-0.39, 0.29) is 0 Å². The first kappa shape index (κ1) is 10.1. The number of carboxylic acids is 1. The Morgan fingerprint density at radius 3 is 2.93 bits per heavy atom. The second kappa shape index (κ2) is 3.61. The van der Waals surface area contributed by atoms with E-state index >= 15 is 0 Å². The molecule has 0 saturated heterocycles. The van der Waals surface area contributed by atoms with Crippen LogP contribution in [0, 0.1) is 5.82 Å². The van der Waals surface area contributed by atoms with Gasteiger partial charge in [-0.2, -0.15) is 0 Å². The topological polar surface area (TPSA) is 37.3 Å². The molecule has 0 aromatic heterocycles. The fraction of sp³-hybridized carbons (Fsp3) is 0.364. The molecule has 0 amide bonds. The smallest absolute Gasteiger partial charge is 0.338 e. The van der Waals surface area contributed by atoms with E-state index in [9.17, 15) is 13.6 Å². The molecule has 1 aliphatic rings. The number of hydrogen-bond donors (Lipinski definition) is 1. The van der Waals surface area contributed by atoms with E-state index in [1.807, 2.05) is 0 Å². The molecule has 2 rings (SSSR count). The van der Waals surface area contributed by atoms with Gasteiger partial charge in [-0.25, -0.2) is 13.6 Å². The lowest BCUT2D eigenvalue weighted by molar-refractivity contribution is -0.143. The molecular weight excluding hydrogens is 202 g/mol. The van der Waals surface area contributed by atoms with Crippen molar-refractivity contribution < 1.29 is 18.7 Å². The lowest BCUT2D eigenvalue weighted by Gasteiger charge is -2.12. The summed E-state index contributed by atoms with van der Waals surface area (Å²) in [6.07, 6.45) is -0.881. The Labute approximate surface area is 85.5 Å². The summed E-state index contributed by atoms with van der Waals surface area (Å²) in [6, 6.07) is 4.15.